The van der Waals surface area contributed by atoms with Gasteiger partial charge in [0.25, 0.3) is 5.91 Å². The van der Waals surface area contributed by atoms with E-state index in [0.717, 1.165) is 39.3 Å². The molecule has 0 saturated heterocycles. The number of benzene rings is 1. The minimum Gasteiger partial charge on any atom is -0.358 e. The molecule has 0 aliphatic carbocycles. The lowest BCUT2D eigenvalue weighted by Gasteiger charge is -2.05. The highest BCUT2D eigenvalue weighted by atomic mass is 16.2. The maximum atomic E-state index is 12.4. The molecule has 2 heterocycles. The van der Waals surface area contributed by atoms with Gasteiger partial charge < -0.3 is 10.3 Å². The Morgan fingerprint density at radius 3 is 2.48 bits per heavy atom. The van der Waals surface area contributed by atoms with E-state index in [1.54, 1.807) is 6.92 Å². The van der Waals surface area contributed by atoms with Crippen molar-refractivity contribution in [1.29, 1.82) is 0 Å². The molecule has 1 aromatic carbocycles. The van der Waals surface area contributed by atoms with Crippen LogP contribution < -0.4 is 5.32 Å². The minimum absolute atomic E-state index is 0.0261. The number of hydrogen-bond acceptors (Lipinski definition) is 2. The molecular weight excluding hydrogens is 312 g/mol. The number of rotatable bonds is 3. The molecule has 0 atom stereocenters. The number of H-pyrrole nitrogens is 1. The second kappa shape index (κ2) is 6.20. The highest BCUT2D eigenvalue weighted by molar-refractivity contribution is 6.35. The van der Waals surface area contributed by atoms with Gasteiger partial charge in [-0.05, 0) is 69.5 Å². The van der Waals surface area contributed by atoms with Crippen LogP contribution in [0, 0.1) is 13.8 Å². The smallest absolute Gasteiger partial charge is 0.256 e. The molecule has 1 aromatic heterocycles. The third-order valence-electron chi connectivity index (χ3n) is 4.81. The Morgan fingerprint density at radius 2 is 1.88 bits per heavy atom. The highest BCUT2D eigenvalue weighted by Crippen LogP contribution is 2.35. The number of hydrogen-bond donors (Lipinski definition) is 2. The van der Waals surface area contributed by atoms with Crippen molar-refractivity contribution in [3.8, 4) is 0 Å². The summed E-state index contributed by atoms with van der Waals surface area (Å²) in [7, 11) is 0. The quantitative estimate of drug-likeness (QED) is 0.628. The SMILES string of the molecule is CC=C(C)c1ccc2c(c1)C(=Cc1[nH]c(C)c(C(C)=O)c1C)C(=O)N2. The fourth-order valence-electron chi connectivity index (χ4n) is 3.33. The van der Waals surface area contributed by atoms with Crippen LogP contribution in [0.3, 0.4) is 0 Å². The number of aromatic amines is 1. The molecule has 4 nitrogen and oxygen atoms in total. The van der Waals surface area contributed by atoms with Crippen LogP contribution in [-0.4, -0.2) is 16.7 Å². The number of amides is 1. The first-order chi connectivity index (χ1) is 11.8. The third-order valence-corrected chi connectivity index (χ3v) is 4.81. The van der Waals surface area contributed by atoms with E-state index >= 15 is 0 Å². The number of Topliss-reactive ketones (excluding diaryl/α,β-unsaturated/α-hetero) is 1. The second-order valence-electron chi connectivity index (χ2n) is 6.46. The number of nitrogens with one attached hydrogen (secondary N) is 2. The van der Waals surface area contributed by atoms with Gasteiger partial charge >= 0.3 is 0 Å². The van der Waals surface area contributed by atoms with Crippen molar-refractivity contribution in [2.24, 2.45) is 0 Å². The summed E-state index contributed by atoms with van der Waals surface area (Å²) in [5, 5.41) is 2.91. The van der Waals surface area contributed by atoms with Gasteiger partial charge in [0.2, 0.25) is 0 Å². The van der Waals surface area contributed by atoms with E-state index in [-0.39, 0.29) is 11.7 Å². The third kappa shape index (κ3) is 2.84. The summed E-state index contributed by atoms with van der Waals surface area (Å²) in [5.74, 6) is -0.0977. The van der Waals surface area contributed by atoms with Crippen molar-refractivity contribution in [2.75, 3.05) is 5.32 Å². The standard InChI is InChI=1S/C21H22N2O2/c1-6-11(2)15-7-8-18-16(9-15)17(21(25)23-18)10-19-12(3)20(14(5)24)13(4)22-19/h6-10,22H,1-5H3,(H,23,25). The van der Waals surface area contributed by atoms with Gasteiger partial charge in [-0.25, -0.2) is 0 Å². The first-order valence-corrected chi connectivity index (χ1v) is 8.34. The zero-order valence-corrected chi connectivity index (χ0v) is 15.2. The summed E-state index contributed by atoms with van der Waals surface area (Å²) < 4.78 is 0. The molecule has 2 aromatic rings. The Kier molecular flexibility index (Phi) is 4.21. The van der Waals surface area contributed by atoms with E-state index in [1.807, 2.05) is 58.0 Å². The molecule has 128 valence electrons. The zero-order valence-electron chi connectivity index (χ0n) is 15.2. The van der Waals surface area contributed by atoms with Crippen LogP contribution in [0.4, 0.5) is 5.69 Å². The van der Waals surface area contributed by atoms with Gasteiger partial charge in [0, 0.05) is 28.2 Å². The first kappa shape index (κ1) is 17.0. The molecule has 0 saturated carbocycles. The monoisotopic (exact) mass is 334 g/mol. The van der Waals surface area contributed by atoms with E-state index in [4.69, 9.17) is 0 Å². The van der Waals surface area contributed by atoms with Crippen LogP contribution in [0.25, 0.3) is 17.2 Å². The summed E-state index contributed by atoms with van der Waals surface area (Å²) in [6.45, 7) is 9.39. The van der Waals surface area contributed by atoms with Gasteiger partial charge in [0.1, 0.15) is 0 Å². The van der Waals surface area contributed by atoms with E-state index in [0.29, 0.717) is 11.1 Å². The average Bonchev–Trinajstić information content (AvgIpc) is 3.03. The Bertz CT molecular complexity index is 959. The van der Waals surface area contributed by atoms with Crippen LogP contribution in [-0.2, 0) is 4.79 Å². The summed E-state index contributed by atoms with van der Waals surface area (Å²) in [6.07, 6.45) is 3.89. The molecule has 3 rings (SSSR count). The van der Waals surface area contributed by atoms with Crippen LogP contribution in [0.15, 0.2) is 24.3 Å². The molecule has 0 bridgehead atoms. The normalized spacial score (nSPS) is 15.5. The highest BCUT2D eigenvalue weighted by Gasteiger charge is 2.25. The Balaban J connectivity index is 2.14. The lowest BCUT2D eigenvalue weighted by atomic mass is 9.98. The van der Waals surface area contributed by atoms with Crippen LogP contribution in [0.5, 0.6) is 0 Å². The van der Waals surface area contributed by atoms with Gasteiger partial charge in [0.05, 0.1) is 5.57 Å². The van der Waals surface area contributed by atoms with Gasteiger partial charge in [-0.1, -0.05) is 12.1 Å². The largest absolute Gasteiger partial charge is 0.358 e. The van der Waals surface area contributed by atoms with Crippen LogP contribution in [0.1, 0.15) is 59.2 Å². The topological polar surface area (TPSA) is 62.0 Å². The van der Waals surface area contributed by atoms with Gasteiger partial charge in [-0.2, -0.15) is 0 Å². The van der Waals surface area contributed by atoms with E-state index in [2.05, 4.69) is 10.3 Å². The Labute approximate surface area is 147 Å². The number of allylic oxidation sites excluding steroid dienone is 2. The summed E-state index contributed by atoms with van der Waals surface area (Å²) in [6, 6.07) is 5.98. The summed E-state index contributed by atoms with van der Waals surface area (Å²) in [4.78, 5) is 27.5. The fraction of sp³-hybridized carbons (Fsp3) is 0.238. The Morgan fingerprint density at radius 1 is 1.16 bits per heavy atom. The molecule has 1 amide bonds. The molecule has 0 fully saturated rings. The van der Waals surface area contributed by atoms with Crippen molar-refractivity contribution in [2.45, 2.75) is 34.6 Å². The lowest BCUT2D eigenvalue weighted by Crippen LogP contribution is -2.03. The van der Waals surface area contributed by atoms with Crippen molar-refractivity contribution in [3.05, 3.63) is 57.9 Å². The van der Waals surface area contributed by atoms with E-state index in [9.17, 15) is 9.59 Å². The molecule has 2 N–H and O–H groups in total. The number of carbonyl (C=O) groups excluding carboxylic acids is 2. The number of carbonyl (C=O) groups is 2. The minimum atomic E-state index is -0.124. The van der Waals surface area contributed by atoms with Crippen molar-refractivity contribution < 1.29 is 9.59 Å². The van der Waals surface area contributed by atoms with Crippen LogP contribution >= 0.6 is 0 Å². The maximum absolute atomic E-state index is 12.4. The van der Waals surface area contributed by atoms with Gasteiger partial charge in [-0.15, -0.1) is 0 Å². The molecule has 0 spiro atoms. The number of ketones is 1. The molecule has 25 heavy (non-hydrogen) atoms. The Hall–Kier alpha value is -2.88. The number of aryl methyl sites for hydroxylation is 1. The average molecular weight is 334 g/mol. The second-order valence-corrected chi connectivity index (χ2v) is 6.46. The summed E-state index contributed by atoms with van der Waals surface area (Å²) in [5.41, 5.74) is 7.77. The molecule has 4 heteroatoms. The predicted octanol–water partition coefficient (Wildman–Crippen LogP) is 4.75. The predicted molar refractivity (Wildman–Crippen MR) is 103 cm³/mol. The lowest BCUT2D eigenvalue weighted by molar-refractivity contribution is -0.110. The van der Waals surface area contributed by atoms with Crippen molar-refractivity contribution >= 4 is 34.6 Å². The summed E-state index contributed by atoms with van der Waals surface area (Å²) >= 11 is 0. The van der Waals surface area contributed by atoms with E-state index in [1.165, 1.54) is 0 Å². The number of anilines is 1. The fourth-order valence-corrected chi connectivity index (χ4v) is 3.33. The number of fused-ring (bicyclic) bond motifs is 1. The molecule has 0 radical (unpaired) electrons. The van der Waals surface area contributed by atoms with Gasteiger partial charge in [0.15, 0.2) is 5.78 Å². The zero-order chi connectivity index (χ0) is 18.3. The molecule has 0 unspecified atom stereocenters. The maximum Gasteiger partial charge on any atom is 0.256 e. The van der Waals surface area contributed by atoms with Crippen molar-refractivity contribution in [1.82, 2.24) is 4.98 Å². The number of aromatic nitrogens is 1. The molecule has 1 aliphatic heterocycles. The first-order valence-electron chi connectivity index (χ1n) is 8.34. The van der Waals surface area contributed by atoms with Gasteiger partial charge in [-0.3, -0.25) is 9.59 Å². The van der Waals surface area contributed by atoms with Crippen molar-refractivity contribution in [3.63, 3.8) is 0 Å². The van der Waals surface area contributed by atoms with E-state index < -0.39 is 0 Å². The molecular formula is C21H22N2O2. The van der Waals surface area contributed by atoms with Crippen LogP contribution in [0.2, 0.25) is 0 Å². The molecule has 1 aliphatic rings.